The number of benzene rings is 1. The molecular weight excluding hydrogens is 308 g/mol. The number of ether oxygens (including phenoxy) is 2. The highest BCUT2D eigenvalue weighted by atomic mass is 19.3. The largest absolute Gasteiger partial charge is 0.476 e. The average Bonchev–Trinajstić information content (AvgIpc) is 3.07. The van der Waals surface area contributed by atoms with Gasteiger partial charge in [0.15, 0.2) is 5.69 Å². The molecule has 0 atom stereocenters. The third kappa shape index (κ3) is 3.41. The predicted molar refractivity (Wildman–Crippen MR) is 76.6 cm³/mol. The second kappa shape index (κ2) is 6.23. The van der Waals surface area contributed by atoms with Crippen molar-refractivity contribution >= 4 is 5.91 Å². The summed E-state index contributed by atoms with van der Waals surface area (Å²) in [6, 6.07) is 7.85. The molecule has 0 aliphatic carbocycles. The molecular formula is C15H15F2N3O3. The summed E-state index contributed by atoms with van der Waals surface area (Å²) in [7, 11) is 1.62. The number of hydrogen-bond acceptors (Lipinski definition) is 4. The SMILES string of the molecule is CN(Cc1cccc(OC(F)F)c1)C(=O)c1cc2n(n1)CCO2. The Morgan fingerprint density at radius 2 is 2.30 bits per heavy atom. The van der Waals surface area contributed by atoms with E-state index in [4.69, 9.17) is 4.74 Å². The number of hydrogen-bond donors (Lipinski definition) is 0. The summed E-state index contributed by atoms with van der Waals surface area (Å²) >= 11 is 0. The van der Waals surface area contributed by atoms with Gasteiger partial charge >= 0.3 is 6.61 Å². The van der Waals surface area contributed by atoms with Crippen LogP contribution >= 0.6 is 0 Å². The predicted octanol–water partition coefficient (Wildman–Crippen LogP) is 2.15. The minimum atomic E-state index is -2.88. The van der Waals surface area contributed by atoms with Crippen molar-refractivity contribution in [3.05, 3.63) is 41.6 Å². The van der Waals surface area contributed by atoms with Crippen molar-refractivity contribution in [2.45, 2.75) is 19.7 Å². The molecule has 0 fully saturated rings. The van der Waals surface area contributed by atoms with Crippen LogP contribution in [0.25, 0.3) is 0 Å². The molecule has 6 nitrogen and oxygen atoms in total. The average molecular weight is 323 g/mol. The number of rotatable bonds is 5. The van der Waals surface area contributed by atoms with Crippen LogP contribution in [-0.2, 0) is 13.1 Å². The molecule has 0 radical (unpaired) electrons. The zero-order valence-corrected chi connectivity index (χ0v) is 12.4. The highest BCUT2D eigenvalue weighted by Crippen LogP contribution is 2.21. The molecule has 2 aromatic rings. The minimum absolute atomic E-state index is 0.0627. The standard InChI is InChI=1S/C15H15F2N3O3/c1-19(9-10-3-2-4-11(7-10)23-15(16)17)14(21)12-8-13-20(18-12)5-6-22-13/h2-4,7-8,15H,5-6,9H2,1H3. The molecule has 0 saturated heterocycles. The molecule has 0 N–H and O–H groups in total. The van der Waals surface area contributed by atoms with E-state index in [1.807, 2.05) is 0 Å². The zero-order valence-electron chi connectivity index (χ0n) is 12.4. The van der Waals surface area contributed by atoms with Crippen molar-refractivity contribution < 1.29 is 23.0 Å². The Kier molecular flexibility index (Phi) is 4.14. The van der Waals surface area contributed by atoms with Crippen LogP contribution in [0.3, 0.4) is 0 Å². The van der Waals surface area contributed by atoms with Gasteiger partial charge in [-0.25, -0.2) is 4.68 Å². The summed E-state index contributed by atoms with van der Waals surface area (Å²) in [5.41, 5.74) is 0.976. The van der Waals surface area contributed by atoms with E-state index in [1.165, 1.54) is 17.0 Å². The van der Waals surface area contributed by atoms with Crippen LogP contribution in [0.2, 0.25) is 0 Å². The number of carbonyl (C=O) groups is 1. The van der Waals surface area contributed by atoms with Crippen LogP contribution in [0.4, 0.5) is 8.78 Å². The monoisotopic (exact) mass is 323 g/mol. The van der Waals surface area contributed by atoms with Crippen LogP contribution in [0.5, 0.6) is 11.6 Å². The molecule has 1 aromatic carbocycles. The Morgan fingerprint density at radius 3 is 3.04 bits per heavy atom. The van der Waals surface area contributed by atoms with E-state index < -0.39 is 6.61 Å². The van der Waals surface area contributed by atoms with Gasteiger partial charge in [0.05, 0.1) is 6.54 Å². The van der Waals surface area contributed by atoms with E-state index in [0.29, 0.717) is 30.3 Å². The molecule has 3 rings (SSSR count). The van der Waals surface area contributed by atoms with Crippen LogP contribution in [0.15, 0.2) is 30.3 Å². The molecule has 8 heteroatoms. The second-order valence-electron chi connectivity index (χ2n) is 5.13. The van der Waals surface area contributed by atoms with E-state index in [9.17, 15) is 13.6 Å². The molecule has 0 saturated carbocycles. The lowest BCUT2D eigenvalue weighted by Gasteiger charge is -2.16. The first kappa shape index (κ1) is 15.3. The van der Waals surface area contributed by atoms with E-state index in [0.717, 1.165) is 0 Å². The first-order chi connectivity index (χ1) is 11.0. The molecule has 1 aliphatic rings. The molecule has 0 unspecified atom stereocenters. The third-order valence-electron chi connectivity index (χ3n) is 3.41. The fourth-order valence-corrected chi connectivity index (χ4v) is 2.38. The Morgan fingerprint density at radius 1 is 1.48 bits per heavy atom. The van der Waals surface area contributed by atoms with Gasteiger partial charge in [-0.2, -0.15) is 13.9 Å². The Bertz CT molecular complexity index is 696. The lowest BCUT2D eigenvalue weighted by Crippen LogP contribution is -2.26. The van der Waals surface area contributed by atoms with Crippen molar-refractivity contribution in [1.29, 1.82) is 0 Å². The molecule has 0 spiro atoms. The van der Waals surface area contributed by atoms with E-state index in [2.05, 4.69) is 9.84 Å². The first-order valence-electron chi connectivity index (χ1n) is 7.03. The Hall–Kier alpha value is -2.64. The minimum Gasteiger partial charge on any atom is -0.476 e. The summed E-state index contributed by atoms with van der Waals surface area (Å²) in [6.45, 7) is -1.44. The number of fused-ring (bicyclic) bond motifs is 1. The van der Waals surface area contributed by atoms with Gasteiger partial charge in [0.25, 0.3) is 5.91 Å². The number of amides is 1. The van der Waals surface area contributed by atoms with Crippen LogP contribution < -0.4 is 9.47 Å². The summed E-state index contributed by atoms with van der Waals surface area (Å²) in [5.74, 6) is 0.373. The second-order valence-corrected chi connectivity index (χ2v) is 5.13. The van der Waals surface area contributed by atoms with Crippen LogP contribution in [0, 0.1) is 0 Å². The van der Waals surface area contributed by atoms with Gasteiger partial charge in [0.1, 0.15) is 12.4 Å². The number of alkyl halides is 2. The van der Waals surface area contributed by atoms with Crippen molar-refractivity contribution in [2.24, 2.45) is 0 Å². The maximum absolute atomic E-state index is 12.4. The van der Waals surface area contributed by atoms with Crippen LogP contribution in [-0.4, -0.2) is 40.9 Å². The maximum atomic E-state index is 12.4. The van der Waals surface area contributed by atoms with Gasteiger partial charge in [-0.1, -0.05) is 12.1 Å². The topological polar surface area (TPSA) is 56.6 Å². The smallest absolute Gasteiger partial charge is 0.387 e. The van der Waals surface area contributed by atoms with Gasteiger partial charge in [0.2, 0.25) is 5.88 Å². The highest BCUT2D eigenvalue weighted by Gasteiger charge is 2.21. The van der Waals surface area contributed by atoms with Crippen molar-refractivity contribution in [3.63, 3.8) is 0 Å². The van der Waals surface area contributed by atoms with Gasteiger partial charge in [0, 0.05) is 19.7 Å². The lowest BCUT2D eigenvalue weighted by atomic mass is 10.2. The van der Waals surface area contributed by atoms with Gasteiger partial charge in [-0.15, -0.1) is 0 Å². The van der Waals surface area contributed by atoms with Crippen molar-refractivity contribution in [2.75, 3.05) is 13.7 Å². The molecule has 23 heavy (non-hydrogen) atoms. The van der Waals surface area contributed by atoms with Gasteiger partial charge in [-0.05, 0) is 17.7 Å². The quantitative estimate of drug-likeness (QED) is 0.846. The fourth-order valence-electron chi connectivity index (χ4n) is 2.38. The summed E-state index contributed by atoms with van der Waals surface area (Å²) in [6.07, 6.45) is 0. The third-order valence-corrected chi connectivity index (χ3v) is 3.41. The molecule has 1 aromatic heterocycles. The highest BCUT2D eigenvalue weighted by molar-refractivity contribution is 5.92. The number of aromatic nitrogens is 2. The van der Waals surface area contributed by atoms with E-state index >= 15 is 0 Å². The van der Waals surface area contributed by atoms with E-state index in [-0.39, 0.29) is 18.2 Å². The number of nitrogens with zero attached hydrogens (tertiary/aromatic N) is 3. The Balaban J connectivity index is 1.68. The Labute approximate surface area is 131 Å². The molecule has 122 valence electrons. The summed E-state index contributed by atoms with van der Waals surface area (Å²) < 4.78 is 35.8. The molecule has 1 aliphatic heterocycles. The van der Waals surface area contributed by atoms with Crippen molar-refractivity contribution in [3.8, 4) is 11.6 Å². The van der Waals surface area contributed by atoms with Gasteiger partial charge < -0.3 is 14.4 Å². The summed E-state index contributed by atoms with van der Waals surface area (Å²) in [5, 5.41) is 4.19. The van der Waals surface area contributed by atoms with Crippen molar-refractivity contribution in [1.82, 2.24) is 14.7 Å². The molecule has 2 heterocycles. The summed E-state index contributed by atoms with van der Waals surface area (Å²) in [4.78, 5) is 13.8. The molecule has 1 amide bonds. The normalized spacial score (nSPS) is 12.9. The molecule has 0 bridgehead atoms. The maximum Gasteiger partial charge on any atom is 0.387 e. The van der Waals surface area contributed by atoms with Crippen LogP contribution in [0.1, 0.15) is 16.1 Å². The number of carbonyl (C=O) groups excluding carboxylic acids is 1. The van der Waals surface area contributed by atoms with E-state index in [1.54, 1.807) is 29.9 Å². The lowest BCUT2D eigenvalue weighted by molar-refractivity contribution is -0.0499. The zero-order chi connectivity index (χ0) is 16.4. The van der Waals surface area contributed by atoms with Gasteiger partial charge in [-0.3, -0.25) is 4.79 Å². The first-order valence-corrected chi connectivity index (χ1v) is 7.03. The number of halogens is 2. The fraction of sp³-hybridized carbons (Fsp3) is 0.333.